The highest BCUT2D eigenvalue weighted by atomic mass is 35.5. The van der Waals surface area contributed by atoms with Gasteiger partial charge in [-0.25, -0.2) is 4.98 Å². The summed E-state index contributed by atoms with van der Waals surface area (Å²) in [5.41, 5.74) is 2.20. The lowest BCUT2D eigenvalue weighted by atomic mass is 10.1. The Morgan fingerprint density at radius 3 is 2.44 bits per heavy atom. The standard InChI is InChI=1S/C20H15ClN4O2/c1-27-25-17(26)12-11-15-18(14-9-5-6-10-16(14)21)23-20(24-19(15)25)22-13-7-3-2-4-8-13/h2-12H,1H3,(H,22,23,24). The molecule has 4 aromatic rings. The summed E-state index contributed by atoms with van der Waals surface area (Å²) in [6, 6.07) is 20.0. The van der Waals surface area contributed by atoms with Gasteiger partial charge in [0.25, 0.3) is 5.56 Å². The summed E-state index contributed by atoms with van der Waals surface area (Å²) in [6.45, 7) is 0. The van der Waals surface area contributed by atoms with Crippen LogP contribution in [0, 0.1) is 0 Å². The molecule has 0 amide bonds. The molecule has 1 N–H and O–H groups in total. The molecule has 7 heteroatoms. The van der Waals surface area contributed by atoms with Gasteiger partial charge >= 0.3 is 0 Å². The Morgan fingerprint density at radius 1 is 0.963 bits per heavy atom. The van der Waals surface area contributed by atoms with Crippen LogP contribution in [-0.4, -0.2) is 21.8 Å². The summed E-state index contributed by atoms with van der Waals surface area (Å²) in [5.74, 6) is 0.333. The van der Waals surface area contributed by atoms with Crippen LogP contribution in [0.25, 0.3) is 22.3 Å². The Kier molecular flexibility index (Phi) is 4.48. The largest absolute Gasteiger partial charge is 0.412 e. The molecule has 0 spiro atoms. The summed E-state index contributed by atoms with van der Waals surface area (Å²) in [7, 11) is 1.42. The van der Waals surface area contributed by atoms with Crippen molar-refractivity contribution in [2.45, 2.75) is 0 Å². The second kappa shape index (κ2) is 7.09. The van der Waals surface area contributed by atoms with E-state index in [1.54, 1.807) is 12.1 Å². The zero-order chi connectivity index (χ0) is 18.8. The van der Waals surface area contributed by atoms with Crippen LogP contribution in [0.5, 0.6) is 0 Å². The van der Waals surface area contributed by atoms with Gasteiger partial charge in [-0.15, -0.1) is 4.73 Å². The van der Waals surface area contributed by atoms with Gasteiger partial charge < -0.3 is 10.2 Å². The lowest BCUT2D eigenvalue weighted by Gasteiger charge is -2.13. The number of anilines is 2. The molecule has 2 heterocycles. The highest BCUT2D eigenvalue weighted by Gasteiger charge is 2.16. The predicted octanol–water partition coefficient (Wildman–Crippen LogP) is 3.91. The highest BCUT2D eigenvalue weighted by molar-refractivity contribution is 6.33. The van der Waals surface area contributed by atoms with E-state index >= 15 is 0 Å². The third-order valence-corrected chi connectivity index (χ3v) is 4.38. The van der Waals surface area contributed by atoms with E-state index in [9.17, 15) is 4.79 Å². The number of fused-ring (bicyclic) bond motifs is 1. The van der Waals surface area contributed by atoms with Crippen molar-refractivity contribution in [3.8, 4) is 11.3 Å². The maximum absolute atomic E-state index is 12.2. The first kappa shape index (κ1) is 17.1. The number of hydrogen-bond acceptors (Lipinski definition) is 5. The molecule has 27 heavy (non-hydrogen) atoms. The monoisotopic (exact) mass is 378 g/mol. The van der Waals surface area contributed by atoms with Crippen molar-refractivity contribution in [1.82, 2.24) is 14.7 Å². The topological polar surface area (TPSA) is 69.0 Å². The number of aromatic nitrogens is 3. The molecular weight excluding hydrogens is 364 g/mol. The van der Waals surface area contributed by atoms with Gasteiger partial charge in [0.2, 0.25) is 5.95 Å². The number of nitrogens with zero attached hydrogens (tertiary/aromatic N) is 3. The van der Waals surface area contributed by atoms with Gasteiger partial charge in [-0.05, 0) is 24.3 Å². The summed E-state index contributed by atoms with van der Waals surface area (Å²) in [5, 5.41) is 4.37. The maximum Gasteiger partial charge on any atom is 0.285 e. The van der Waals surface area contributed by atoms with Crippen molar-refractivity contribution < 1.29 is 4.84 Å². The van der Waals surface area contributed by atoms with Crippen molar-refractivity contribution in [2.75, 3.05) is 12.4 Å². The van der Waals surface area contributed by atoms with Crippen molar-refractivity contribution in [3.63, 3.8) is 0 Å². The first-order chi connectivity index (χ1) is 13.2. The van der Waals surface area contributed by atoms with Gasteiger partial charge in [-0.3, -0.25) is 4.79 Å². The van der Waals surface area contributed by atoms with Gasteiger partial charge in [0.1, 0.15) is 7.11 Å². The maximum atomic E-state index is 12.2. The molecule has 0 atom stereocenters. The SMILES string of the molecule is COn1c(=O)ccc2c(-c3ccccc3Cl)nc(Nc3ccccc3)nc21. The Labute approximate surface area is 160 Å². The van der Waals surface area contributed by atoms with Crippen LogP contribution in [0.1, 0.15) is 0 Å². The molecule has 0 aliphatic rings. The van der Waals surface area contributed by atoms with Gasteiger partial charge in [0, 0.05) is 27.7 Å². The van der Waals surface area contributed by atoms with E-state index in [4.69, 9.17) is 16.4 Å². The van der Waals surface area contributed by atoms with Crippen molar-refractivity contribution in [3.05, 3.63) is 82.1 Å². The fourth-order valence-corrected chi connectivity index (χ4v) is 3.06. The number of para-hydroxylation sites is 1. The van der Waals surface area contributed by atoms with Gasteiger partial charge in [-0.1, -0.05) is 48.0 Å². The average Bonchev–Trinajstić information content (AvgIpc) is 2.68. The first-order valence-electron chi connectivity index (χ1n) is 8.22. The van der Waals surface area contributed by atoms with Crippen molar-refractivity contribution in [2.24, 2.45) is 0 Å². The van der Waals surface area contributed by atoms with Gasteiger partial charge in [0.05, 0.1) is 5.69 Å². The fourth-order valence-electron chi connectivity index (χ4n) is 2.83. The molecule has 4 rings (SSSR count). The molecule has 0 radical (unpaired) electrons. The van der Waals surface area contributed by atoms with Crippen molar-refractivity contribution in [1.29, 1.82) is 0 Å². The first-order valence-corrected chi connectivity index (χ1v) is 8.60. The van der Waals surface area contributed by atoms with Crippen LogP contribution in [0.15, 0.2) is 71.5 Å². The Morgan fingerprint density at radius 2 is 1.70 bits per heavy atom. The summed E-state index contributed by atoms with van der Waals surface area (Å²) >= 11 is 6.40. The molecule has 2 aromatic carbocycles. The van der Waals surface area contributed by atoms with E-state index in [1.165, 1.54) is 13.2 Å². The van der Waals surface area contributed by atoms with Crippen LogP contribution in [0.2, 0.25) is 5.02 Å². The summed E-state index contributed by atoms with van der Waals surface area (Å²) < 4.78 is 1.13. The predicted molar refractivity (Wildman–Crippen MR) is 106 cm³/mol. The van der Waals surface area contributed by atoms with Gasteiger partial charge in [0.15, 0.2) is 5.65 Å². The summed E-state index contributed by atoms with van der Waals surface area (Å²) in [6.07, 6.45) is 0. The zero-order valence-corrected chi connectivity index (χ0v) is 15.1. The Bertz CT molecular complexity index is 1180. The van der Waals surface area contributed by atoms with E-state index in [0.29, 0.717) is 27.7 Å². The van der Waals surface area contributed by atoms with Crippen molar-refractivity contribution >= 4 is 34.3 Å². The average molecular weight is 379 g/mol. The minimum atomic E-state index is -0.320. The second-order valence-electron chi connectivity index (χ2n) is 5.75. The van der Waals surface area contributed by atoms with E-state index < -0.39 is 0 Å². The van der Waals surface area contributed by atoms with E-state index in [-0.39, 0.29) is 5.56 Å². The third-order valence-electron chi connectivity index (χ3n) is 4.05. The minimum Gasteiger partial charge on any atom is -0.412 e. The minimum absolute atomic E-state index is 0.320. The lowest BCUT2D eigenvalue weighted by molar-refractivity contribution is 0.167. The molecule has 0 unspecified atom stereocenters. The molecule has 0 aliphatic carbocycles. The fraction of sp³-hybridized carbons (Fsp3) is 0.0500. The van der Waals surface area contributed by atoms with E-state index in [0.717, 1.165) is 16.0 Å². The molecule has 134 valence electrons. The van der Waals surface area contributed by atoms with Crippen LogP contribution in [-0.2, 0) is 0 Å². The second-order valence-corrected chi connectivity index (χ2v) is 6.16. The molecule has 0 saturated carbocycles. The highest BCUT2D eigenvalue weighted by Crippen LogP contribution is 2.32. The van der Waals surface area contributed by atoms with Crippen LogP contribution in [0.3, 0.4) is 0 Å². The smallest absolute Gasteiger partial charge is 0.285 e. The number of rotatable bonds is 4. The Balaban J connectivity index is 2.00. The molecule has 2 aromatic heterocycles. The number of benzene rings is 2. The number of nitrogens with one attached hydrogen (secondary N) is 1. The third kappa shape index (κ3) is 3.22. The molecule has 6 nitrogen and oxygen atoms in total. The molecule has 0 saturated heterocycles. The number of halogens is 1. The van der Waals surface area contributed by atoms with E-state index in [2.05, 4.69) is 15.3 Å². The quantitative estimate of drug-likeness (QED) is 0.583. The Hall–Kier alpha value is -3.38. The van der Waals surface area contributed by atoms with E-state index in [1.807, 2.05) is 48.5 Å². The molecule has 0 bridgehead atoms. The van der Waals surface area contributed by atoms with Crippen LogP contribution in [0.4, 0.5) is 11.6 Å². The van der Waals surface area contributed by atoms with Crippen LogP contribution < -0.4 is 15.7 Å². The van der Waals surface area contributed by atoms with Gasteiger partial charge in [-0.2, -0.15) is 4.98 Å². The lowest BCUT2D eigenvalue weighted by Crippen LogP contribution is -2.25. The number of hydrogen-bond donors (Lipinski definition) is 1. The molecule has 0 fully saturated rings. The molecular formula is C20H15ClN4O2. The zero-order valence-electron chi connectivity index (χ0n) is 14.4. The summed E-state index contributed by atoms with van der Waals surface area (Å²) in [4.78, 5) is 26.6. The number of pyridine rings is 1. The molecule has 0 aliphatic heterocycles. The normalized spacial score (nSPS) is 10.7. The van der Waals surface area contributed by atoms with Crippen LogP contribution >= 0.6 is 11.6 Å².